The second-order valence-electron chi connectivity index (χ2n) is 7.08. The maximum absolute atomic E-state index is 13.2. The summed E-state index contributed by atoms with van der Waals surface area (Å²) < 4.78 is 39.5. The molecule has 0 bridgehead atoms. The summed E-state index contributed by atoms with van der Waals surface area (Å²) in [7, 11) is 0. The van der Waals surface area contributed by atoms with Gasteiger partial charge in [-0.1, -0.05) is 37.3 Å². The summed E-state index contributed by atoms with van der Waals surface area (Å²) in [5.41, 5.74) is 0.721. The molecular weight excluding hydrogens is 381 g/mol. The minimum absolute atomic E-state index is 0.0134. The molecule has 1 aliphatic rings. The number of rotatable bonds is 5. The first-order valence-electron chi connectivity index (χ1n) is 9.65. The summed E-state index contributed by atoms with van der Waals surface area (Å²) in [5, 5.41) is 0. The molecule has 0 unspecified atom stereocenters. The monoisotopic (exact) mass is 404 g/mol. The standard InChI is InChI=1S/C22H23F3N2O2/c1-2-20(28)17-10-8-16(9-11-17)15-27(21(29)26-12-3-4-13-26)19-7-5-6-18(14-19)22(23,24)25/h5-11,14H,2-4,12-13,15H2,1H3. The lowest BCUT2D eigenvalue weighted by Gasteiger charge is -2.28. The number of hydrogen-bond donors (Lipinski definition) is 0. The third-order valence-corrected chi connectivity index (χ3v) is 5.03. The Balaban J connectivity index is 1.91. The highest BCUT2D eigenvalue weighted by atomic mass is 19.4. The summed E-state index contributed by atoms with van der Waals surface area (Å²) in [6.45, 7) is 3.09. The molecule has 0 aliphatic carbocycles. The lowest BCUT2D eigenvalue weighted by molar-refractivity contribution is -0.137. The average molecular weight is 404 g/mol. The molecule has 0 saturated carbocycles. The van der Waals surface area contributed by atoms with Gasteiger partial charge in [-0.05, 0) is 36.6 Å². The van der Waals surface area contributed by atoms with Gasteiger partial charge in [-0.15, -0.1) is 0 Å². The van der Waals surface area contributed by atoms with Crippen LogP contribution in [0, 0.1) is 0 Å². The molecule has 0 radical (unpaired) electrons. The molecule has 2 aromatic rings. The minimum Gasteiger partial charge on any atom is -0.324 e. The number of amides is 2. The van der Waals surface area contributed by atoms with E-state index in [1.807, 2.05) is 0 Å². The van der Waals surface area contributed by atoms with E-state index >= 15 is 0 Å². The first-order valence-corrected chi connectivity index (χ1v) is 9.65. The van der Waals surface area contributed by atoms with E-state index in [2.05, 4.69) is 0 Å². The lowest BCUT2D eigenvalue weighted by Crippen LogP contribution is -2.41. The van der Waals surface area contributed by atoms with Crippen molar-refractivity contribution in [1.29, 1.82) is 0 Å². The Labute approximate surface area is 167 Å². The fraction of sp³-hybridized carbons (Fsp3) is 0.364. The summed E-state index contributed by atoms with van der Waals surface area (Å²) in [6, 6.07) is 11.4. The second-order valence-corrected chi connectivity index (χ2v) is 7.08. The van der Waals surface area contributed by atoms with Crippen LogP contribution in [0.3, 0.4) is 0 Å². The van der Waals surface area contributed by atoms with E-state index in [1.165, 1.54) is 17.0 Å². The van der Waals surface area contributed by atoms with Gasteiger partial charge in [-0.3, -0.25) is 9.69 Å². The van der Waals surface area contributed by atoms with E-state index in [4.69, 9.17) is 0 Å². The summed E-state index contributed by atoms with van der Waals surface area (Å²) in [4.78, 5) is 27.9. The topological polar surface area (TPSA) is 40.6 Å². The first kappa shape index (κ1) is 20.9. The molecule has 2 amide bonds. The van der Waals surface area contributed by atoms with Crippen LogP contribution in [0.5, 0.6) is 0 Å². The van der Waals surface area contributed by atoms with Gasteiger partial charge in [-0.2, -0.15) is 13.2 Å². The summed E-state index contributed by atoms with van der Waals surface area (Å²) >= 11 is 0. The van der Waals surface area contributed by atoms with Crippen molar-refractivity contribution < 1.29 is 22.8 Å². The zero-order valence-corrected chi connectivity index (χ0v) is 16.2. The number of Topliss-reactive ketones (excluding diaryl/α,β-unsaturated/α-hetero) is 1. The quantitative estimate of drug-likeness (QED) is 0.616. The number of anilines is 1. The van der Waals surface area contributed by atoms with Gasteiger partial charge < -0.3 is 4.90 Å². The highest BCUT2D eigenvalue weighted by molar-refractivity contribution is 5.96. The molecule has 154 valence electrons. The van der Waals surface area contributed by atoms with Gasteiger partial charge in [0.25, 0.3) is 0 Å². The molecular formula is C22H23F3N2O2. The molecule has 3 rings (SSSR count). The van der Waals surface area contributed by atoms with Crippen molar-refractivity contribution in [3.8, 4) is 0 Å². The second kappa shape index (κ2) is 8.68. The van der Waals surface area contributed by atoms with Crippen LogP contribution < -0.4 is 4.90 Å². The van der Waals surface area contributed by atoms with Gasteiger partial charge in [0, 0.05) is 30.8 Å². The predicted octanol–water partition coefficient (Wildman–Crippen LogP) is 5.52. The largest absolute Gasteiger partial charge is 0.416 e. The molecule has 1 heterocycles. The van der Waals surface area contributed by atoms with Crippen molar-refractivity contribution in [1.82, 2.24) is 4.90 Å². The first-order chi connectivity index (χ1) is 13.8. The molecule has 0 spiro atoms. The molecule has 7 heteroatoms. The van der Waals surface area contributed by atoms with Crippen molar-refractivity contribution in [3.63, 3.8) is 0 Å². The molecule has 0 atom stereocenters. The van der Waals surface area contributed by atoms with Crippen LogP contribution in [0.4, 0.5) is 23.7 Å². The summed E-state index contributed by atoms with van der Waals surface area (Å²) in [6.07, 6.45) is -2.32. The molecule has 29 heavy (non-hydrogen) atoms. The summed E-state index contributed by atoms with van der Waals surface area (Å²) in [5.74, 6) is 0.0134. The maximum Gasteiger partial charge on any atom is 0.416 e. The Hall–Kier alpha value is -2.83. The number of likely N-dealkylation sites (tertiary alicyclic amines) is 1. The average Bonchev–Trinajstić information content (AvgIpc) is 3.26. The van der Waals surface area contributed by atoms with Gasteiger partial charge in [0.05, 0.1) is 12.1 Å². The number of ketones is 1. The van der Waals surface area contributed by atoms with Crippen molar-refractivity contribution in [3.05, 3.63) is 65.2 Å². The fourth-order valence-corrected chi connectivity index (χ4v) is 3.38. The van der Waals surface area contributed by atoms with E-state index < -0.39 is 11.7 Å². The Morgan fingerprint density at radius 2 is 1.69 bits per heavy atom. The van der Waals surface area contributed by atoms with E-state index in [0.29, 0.717) is 25.1 Å². The van der Waals surface area contributed by atoms with Crippen molar-refractivity contribution in [2.75, 3.05) is 18.0 Å². The van der Waals surface area contributed by atoms with Gasteiger partial charge in [-0.25, -0.2) is 4.79 Å². The molecule has 1 saturated heterocycles. The van der Waals surface area contributed by atoms with Crippen molar-refractivity contribution in [2.45, 2.75) is 38.9 Å². The van der Waals surface area contributed by atoms with Crippen LogP contribution in [0.1, 0.15) is 47.7 Å². The number of benzene rings is 2. The van der Waals surface area contributed by atoms with Crippen molar-refractivity contribution in [2.24, 2.45) is 0 Å². The normalized spacial score (nSPS) is 14.1. The maximum atomic E-state index is 13.2. The lowest BCUT2D eigenvalue weighted by atomic mass is 10.1. The molecule has 4 nitrogen and oxygen atoms in total. The Morgan fingerprint density at radius 1 is 1.03 bits per heavy atom. The van der Waals surface area contributed by atoms with Crippen LogP contribution in [-0.2, 0) is 12.7 Å². The number of carbonyl (C=O) groups excluding carboxylic acids is 2. The third-order valence-electron chi connectivity index (χ3n) is 5.03. The molecule has 1 fully saturated rings. The Bertz CT molecular complexity index is 872. The van der Waals surface area contributed by atoms with Crippen LogP contribution in [0.15, 0.2) is 48.5 Å². The number of halogens is 3. The minimum atomic E-state index is -4.49. The van der Waals surface area contributed by atoms with Crippen LogP contribution >= 0.6 is 0 Å². The number of urea groups is 1. The number of alkyl halides is 3. The van der Waals surface area contributed by atoms with Gasteiger partial charge >= 0.3 is 12.2 Å². The fourth-order valence-electron chi connectivity index (χ4n) is 3.38. The number of carbonyl (C=O) groups is 2. The molecule has 0 N–H and O–H groups in total. The molecule has 1 aliphatic heterocycles. The zero-order chi connectivity index (χ0) is 21.0. The van der Waals surface area contributed by atoms with Gasteiger partial charge in [0.2, 0.25) is 0 Å². The van der Waals surface area contributed by atoms with Crippen LogP contribution in [0.25, 0.3) is 0 Å². The predicted molar refractivity (Wildman–Crippen MR) is 105 cm³/mol. The highest BCUT2D eigenvalue weighted by Crippen LogP contribution is 2.32. The number of nitrogens with zero attached hydrogens (tertiary/aromatic N) is 2. The van der Waals surface area contributed by atoms with Crippen LogP contribution in [0.2, 0.25) is 0 Å². The van der Waals surface area contributed by atoms with Crippen LogP contribution in [-0.4, -0.2) is 29.8 Å². The SMILES string of the molecule is CCC(=O)c1ccc(CN(C(=O)N2CCCC2)c2cccc(C(F)(F)F)c2)cc1. The van der Waals surface area contributed by atoms with Gasteiger partial charge in [0.1, 0.15) is 0 Å². The highest BCUT2D eigenvalue weighted by Gasteiger charge is 2.32. The van der Waals surface area contributed by atoms with E-state index in [-0.39, 0.29) is 24.0 Å². The van der Waals surface area contributed by atoms with Crippen molar-refractivity contribution >= 4 is 17.5 Å². The van der Waals surface area contributed by atoms with E-state index in [0.717, 1.165) is 30.5 Å². The molecule has 2 aromatic carbocycles. The third kappa shape index (κ3) is 4.96. The van der Waals surface area contributed by atoms with E-state index in [1.54, 1.807) is 36.1 Å². The smallest absolute Gasteiger partial charge is 0.324 e. The van der Waals surface area contributed by atoms with E-state index in [9.17, 15) is 22.8 Å². The zero-order valence-electron chi connectivity index (χ0n) is 16.2. The molecule has 0 aromatic heterocycles. The Morgan fingerprint density at radius 3 is 2.28 bits per heavy atom. The Kier molecular flexibility index (Phi) is 6.25. The number of hydrogen-bond acceptors (Lipinski definition) is 2. The van der Waals surface area contributed by atoms with Gasteiger partial charge in [0.15, 0.2) is 5.78 Å².